The molecule has 1 aromatic carbocycles. The summed E-state index contributed by atoms with van der Waals surface area (Å²) in [5, 5.41) is 20.3. The normalized spacial score (nSPS) is 12.4. The fourth-order valence-corrected chi connectivity index (χ4v) is 3.47. The van der Waals surface area contributed by atoms with E-state index < -0.39 is 18.2 Å². The Morgan fingerprint density at radius 1 is 0.895 bits per heavy atom. The maximum absolute atomic E-state index is 12.5. The lowest BCUT2D eigenvalue weighted by molar-refractivity contribution is -0.124. The van der Waals surface area contributed by atoms with E-state index in [1.54, 1.807) is 6.92 Å². The van der Waals surface area contributed by atoms with Crippen molar-refractivity contribution < 1.29 is 33.8 Å². The Labute approximate surface area is 224 Å². The van der Waals surface area contributed by atoms with Crippen LogP contribution in [0.15, 0.2) is 30.3 Å². The van der Waals surface area contributed by atoms with E-state index in [0.717, 1.165) is 24.8 Å². The van der Waals surface area contributed by atoms with Gasteiger partial charge in [-0.15, -0.1) is 0 Å². The number of rotatable bonds is 22. The summed E-state index contributed by atoms with van der Waals surface area (Å²) < 4.78 is 10.2. The number of primary amides is 1. The van der Waals surface area contributed by atoms with Crippen molar-refractivity contribution in [1.82, 2.24) is 21.3 Å². The average Bonchev–Trinajstić information content (AvgIpc) is 2.85. The number of amides is 4. The van der Waals surface area contributed by atoms with Gasteiger partial charge in [-0.25, -0.2) is 0 Å². The minimum atomic E-state index is -0.568. The fourth-order valence-electron chi connectivity index (χ4n) is 3.47. The first-order valence-corrected chi connectivity index (χ1v) is 13.0. The van der Waals surface area contributed by atoms with Crippen LogP contribution in [0.25, 0.3) is 0 Å². The molecule has 214 valence electrons. The highest BCUT2D eigenvalue weighted by Gasteiger charge is 2.17. The number of aliphatic hydroxyl groups is 1. The Morgan fingerprint density at radius 2 is 1.63 bits per heavy atom. The summed E-state index contributed by atoms with van der Waals surface area (Å²) >= 11 is 0. The molecule has 0 saturated heterocycles. The van der Waals surface area contributed by atoms with Gasteiger partial charge in [-0.05, 0) is 38.3 Å². The molecule has 0 aliphatic heterocycles. The predicted molar refractivity (Wildman–Crippen MR) is 141 cm³/mol. The summed E-state index contributed by atoms with van der Waals surface area (Å²) in [5.74, 6) is -1.23. The zero-order chi connectivity index (χ0) is 28.0. The van der Waals surface area contributed by atoms with Crippen molar-refractivity contribution in [1.29, 1.82) is 0 Å². The number of nitrogens with one attached hydrogen (secondary N) is 4. The van der Waals surface area contributed by atoms with Gasteiger partial charge in [0.05, 0.1) is 13.2 Å². The summed E-state index contributed by atoms with van der Waals surface area (Å²) in [7, 11) is 0. The van der Waals surface area contributed by atoms with Gasteiger partial charge in [-0.3, -0.25) is 24.5 Å². The molecule has 1 aromatic rings. The lowest BCUT2D eigenvalue weighted by Crippen LogP contribution is -2.42. The predicted octanol–water partition coefficient (Wildman–Crippen LogP) is -0.309. The quantitative estimate of drug-likeness (QED) is 0.0860. The first-order valence-electron chi connectivity index (χ1n) is 13.0. The smallest absolute Gasteiger partial charge is 0.243 e. The van der Waals surface area contributed by atoms with Crippen LogP contribution in [0, 0.1) is 0 Å². The lowest BCUT2D eigenvalue weighted by Gasteiger charge is -2.19. The van der Waals surface area contributed by atoms with Crippen molar-refractivity contribution in [2.75, 3.05) is 39.6 Å². The molecule has 1 rings (SSSR count). The number of carbonyl (C=O) groups excluding carboxylic acids is 4. The highest BCUT2D eigenvalue weighted by molar-refractivity contribution is 5.81. The fraction of sp³-hybridized carbons (Fsp3) is 0.615. The molecule has 4 amide bonds. The number of benzene rings is 1. The van der Waals surface area contributed by atoms with Crippen molar-refractivity contribution >= 4 is 23.6 Å². The van der Waals surface area contributed by atoms with Crippen molar-refractivity contribution in [2.24, 2.45) is 5.73 Å². The second kappa shape index (κ2) is 20.9. The average molecular weight is 538 g/mol. The number of aliphatic hydroxyl groups excluding tert-OH is 1. The molecule has 0 saturated carbocycles. The lowest BCUT2D eigenvalue weighted by atomic mass is 10.0. The van der Waals surface area contributed by atoms with E-state index in [-0.39, 0.29) is 63.7 Å². The largest absolute Gasteiger partial charge is 0.379 e. The molecule has 0 bridgehead atoms. The Balaban J connectivity index is 2.34. The highest BCUT2D eigenvalue weighted by Crippen LogP contribution is 2.07. The summed E-state index contributed by atoms with van der Waals surface area (Å²) in [6, 6.07) is 9.09. The monoisotopic (exact) mass is 537 g/mol. The van der Waals surface area contributed by atoms with Gasteiger partial charge in [0.2, 0.25) is 23.6 Å². The Morgan fingerprint density at radius 3 is 2.34 bits per heavy atom. The zero-order valence-electron chi connectivity index (χ0n) is 22.2. The van der Waals surface area contributed by atoms with Crippen LogP contribution < -0.4 is 27.0 Å². The standard InChI is InChI=1S/C26H43N5O7/c1-20(32)28-12-7-3-6-10-24(34)29-13-11-25(35)31-22(16-21-8-4-2-5-9-21)17-26(36)30-19-38-15-14-37-18-23(27)33/h2,4-5,8-9,20,22,28,32H,3,6-7,10-19H2,1H3,(H2,27,33)(H,29,34)(H,30,36)(H,31,35). The number of nitrogens with two attached hydrogens (primary N) is 1. The minimum Gasteiger partial charge on any atom is -0.379 e. The Kier molecular flexibility index (Phi) is 18.2. The van der Waals surface area contributed by atoms with Gasteiger partial charge in [0, 0.05) is 31.8 Å². The zero-order valence-corrected chi connectivity index (χ0v) is 22.2. The number of hydrogen-bond acceptors (Lipinski definition) is 8. The molecule has 0 fully saturated rings. The number of hydrogen-bond donors (Lipinski definition) is 6. The van der Waals surface area contributed by atoms with Crippen LogP contribution in [-0.4, -0.2) is 80.6 Å². The third-order valence-corrected chi connectivity index (χ3v) is 5.30. The van der Waals surface area contributed by atoms with E-state index in [2.05, 4.69) is 21.3 Å². The molecule has 12 heteroatoms. The molecular formula is C26H43N5O7. The van der Waals surface area contributed by atoms with Crippen LogP contribution in [0.2, 0.25) is 0 Å². The van der Waals surface area contributed by atoms with E-state index in [1.807, 2.05) is 30.3 Å². The van der Waals surface area contributed by atoms with Gasteiger partial charge in [0.1, 0.15) is 19.6 Å². The maximum Gasteiger partial charge on any atom is 0.243 e. The van der Waals surface area contributed by atoms with Gasteiger partial charge >= 0.3 is 0 Å². The Bertz CT molecular complexity index is 823. The molecule has 2 unspecified atom stereocenters. The van der Waals surface area contributed by atoms with Gasteiger partial charge < -0.3 is 36.3 Å². The maximum atomic E-state index is 12.5. The van der Waals surface area contributed by atoms with Gasteiger partial charge in [0.15, 0.2) is 0 Å². The molecule has 0 aliphatic rings. The molecule has 0 spiro atoms. The van der Waals surface area contributed by atoms with Crippen LogP contribution in [0.1, 0.15) is 51.0 Å². The molecule has 7 N–H and O–H groups in total. The van der Waals surface area contributed by atoms with Crippen molar-refractivity contribution in [3.05, 3.63) is 35.9 Å². The van der Waals surface area contributed by atoms with Crippen LogP contribution >= 0.6 is 0 Å². The second-order valence-electron chi connectivity index (χ2n) is 8.87. The third-order valence-electron chi connectivity index (χ3n) is 5.30. The summed E-state index contributed by atoms with van der Waals surface area (Å²) in [5.41, 5.74) is 5.95. The molecule has 12 nitrogen and oxygen atoms in total. The molecule has 0 aromatic heterocycles. The van der Waals surface area contributed by atoms with E-state index in [1.165, 1.54) is 0 Å². The van der Waals surface area contributed by atoms with E-state index >= 15 is 0 Å². The number of ether oxygens (including phenoxy) is 2. The number of carbonyl (C=O) groups is 4. The van der Waals surface area contributed by atoms with E-state index in [4.69, 9.17) is 20.3 Å². The van der Waals surface area contributed by atoms with Crippen molar-refractivity contribution in [3.8, 4) is 0 Å². The summed E-state index contributed by atoms with van der Waals surface area (Å²) in [6.07, 6.45) is 2.94. The minimum absolute atomic E-state index is 0.0339. The molecule has 0 radical (unpaired) electrons. The molecule has 0 heterocycles. The number of unbranched alkanes of at least 4 members (excludes halogenated alkanes) is 2. The van der Waals surface area contributed by atoms with Gasteiger partial charge in [0.25, 0.3) is 0 Å². The van der Waals surface area contributed by atoms with Crippen molar-refractivity contribution in [3.63, 3.8) is 0 Å². The van der Waals surface area contributed by atoms with Crippen LogP contribution in [0.4, 0.5) is 0 Å². The first kappa shape index (κ1) is 33.0. The summed E-state index contributed by atoms with van der Waals surface area (Å²) in [6.45, 7) is 2.70. The second-order valence-corrected chi connectivity index (χ2v) is 8.87. The Hall–Kier alpha value is -3.06. The van der Waals surface area contributed by atoms with Gasteiger partial charge in [-0.2, -0.15) is 0 Å². The topological polar surface area (TPSA) is 181 Å². The van der Waals surface area contributed by atoms with Crippen LogP contribution in [0.3, 0.4) is 0 Å². The summed E-state index contributed by atoms with van der Waals surface area (Å²) in [4.78, 5) is 47.5. The van der Waals surface area contributed by atoms with Crippen LogP contribution in [0.5, 0.6) is 0 Å². The molecular weight excluding hydrogens is 494 g/mol. The SMILES string of the molecule is CC(O)NCCCCCC(=O)NCCC(=O)NC(CC(=O)NCOCCOCC(N)=O)Cc1ccccc1. The molecule has 0 aliphatic carbocycles. The van der Waals surface area contributed by atoms with Crippen LogP contribution in [-0.2, 0) is 35.1 Å². The first-order chi connectivity index (χ1) is 18.3. The molecule has 38 heavy (non-hydrogen) atoms. The third kappa shape index (κ3) is 19.1. The highest BCUT2D eigenvalue weighted by atomic mass is 16.5. The van der Waals surface area contributed by atoms with E-state index in [9.17, 15) is 19.2 Å². The van der Waals surface area contributed by atoms with Gasteiger partial charge in [-0.1, -0.05) is 36.8 Å². The van der Waals surface area contributed by atoms with E-state index in [0.29, 0.717) is 19.4 Å². The van der Waals surface area contributed by atoms with Crippen molar-refractivity contribution in [2.45, 2.75) is 64.1 Å². The molecule has 2 atom stereocenters.